The molecule has 1 aliphatic rings. The van der Waals surface area contributed by atoms with Crippen molar-refractivity contribution in [2.45, 2.75) is 59.3 Å². The summed E-state index contributed by atoms with van der Waals surface area (Å²) in [6.07, 6.45) is 0. The zero-order valence-corrected chi connectivity index (χ0v) is 35.1. The van der Waals surface area contributed by atoms with Crippen LogP contribution in [0, 0.1) is 13.8 Å². The van der Waals surface area contributed by atoms with Crippen molar-refractivity contribution in [3.63, 3.8) is 0 Å². The molecule has 59 heavy (non-hydrogen) atoms. The molecular formula is C57H50N2. The van der Waals surface area contributed by atoms with Gasteiger partial charge in [0.1, 0.15) is 0 Å². The third-order valence-corrected chi connectivity index (χ3v) is 12.8. The molecule has 0 spiro atoms. The van der Waals surface area contributed by atoms with Crippen LogP contribution in [0.2, 0.25) is 0 Å². The Morgan fingerprint density at radius 1 is 0.475 bits per heavy atom. The second-order valence-electron chi connectivity index (χ2n) is 18.0. The summed E-state index contributed by atoms with van der Waals surface area (Å²) in [7, 11) is 0. The maximum atomic E-state index is 2.54. The van der Waals surface area contributed by atoms with Gasteiger partial charge >= 0.3 is 0 Å². The van der Waals surface area contributed by atoms with Crippen LogP contribution in [0.15, 0.2) is 176 Å². The number of fused-ring (bicyclic) bond motifs is 6. The molecule has 0 fully saturated rings. The van der Waals surface area contributed by atoms with Crippen molar-refractivity contribution < 1.29 is 0 Å². The van der Waals surface area contributed by atoms with Gasteiger partial charge in [-0.2, -0.15) is 0 Å². The van der Waals surface area contributed by atoms with Crippen LogP contribution in [0.25, 0.3) is 60.9 Å². The summed E-state index contributed by atoms with van der Waals surface area (Å²) in [6.45, 7) is 16.1. The smallest absolute Gasteiger partial charge is 0.0541 e. The van der Waals surface area contributed by atoms with E-state index in [1.807, 2.05) is 0 Å². The average Bonchev–Trinajstić information content (AvgIpc) is 3.70. The molecule has 0 saturated heterocycles. The lowest BCUT2D eigenvalue weighted by atomic mass is 9.82. The number of benzene rings is 8. The lowest BCUT2D eigenvalue weighted by molar-refractivity contribution is 0.590. The van der Waals surface area contributed by atoms with Crippen LogP contribution in [0.1, 0.15) is 62.4 Å². The Bertz CT molecular complexity index is 2990. The molecule has 0 aliphatic heterocycles. The molecule has 1 aliphatic carbocycles. The van der Waals surface area contributed by atoms with E-state index in [0.717, 1.165) is 17.1 Å². The van der Waals surface area contributed by atoms with Gasteiger partial charge in [0.05, 0.1) is 22.4 Å². The van der Waals surface area contributed by atoms with Crippen LogP contribution in [-0.2, 0) is 10.8 Å². The first-order valence-electron chi connectivity index (χ1n) is 20.9. The summed E-state index contributed by atoms with van der Waals surface area (Å²) in [4.78, 5) is 2.54. The number of aryl methyl sites for hydroxylation is 2. The van der Waals surface area contributed by atoms with Gasteiger partial charge in [0, 0.05) is 33.1 Å². The zero-order valence-electron chi connectivity index (χ0n) is 35.1. The van der Waals surface area contributed by atoms with Gasteiger partial charge in [0.15, 0.2) is 0 Å². The third-order valence-electron chi connectivity index (χ3n) is 12.8. The van der Waals surface area contributed by atoms with Crippen molar-refractivity contribution >= 4 is 38.9 Å². The van der Waals surface area contributed by atoms with Gasteiger partial charge in [-0.1, -0.05) is 156 Å². The summed E-state index contributed by atoms with van der Waals surface area (Å²) in [5, 5.41) is 2.52. The minimum absolute atomic E-state index is 0.105. The van der Waals surface area contributed by atoms with Crippen molar-refractivity contribution in [3.8, 4) is 39.1 Å². The number of rotatable bonds is 6. The van der Waals surface area contributed by atoms with Gasteiger partial charge in [0.2, 0.25) is 0 Å². The van der Waals surface area contributed by atoms with Crippen LogP contribution >= 0.6 is 0 Å². The highest BCUT2D eigenvalue weighted by molar-refractivity contribution is 6.09. The van der Waals surface area contributed by atoms with E-state index in [-0.39, 0.29) is 10.8 Å². The minimum Gasteiger partial charge on any atom is -0.309 e. The predicted molar refractivity (Wildman–Crippen MR) is 252 cm³/mol. The Hall–Kier alpha value is -6.64. The van der Waals surface area contributed by atoms with E-state index in [4.69, 9.17) is 0 Å². The normalized spacial score (nSPS) is 13.1. The van der Waals surface area contributed by atoms with E-state index in [1.54, 1.807) is 0 Å². The fourth-order valence-electron chi connectivity index (χ4n) is 9.77. The highest BCUT2D eigenvalue weighted by Gasteiger charge is 2.36. The van der Waals surface area contributed by atoms with Gasteiger partial charge in [-0.3, -0.25) is 0 Å². The molecule has 10 rings (SSSR count). The molecule has 0 amide bonds. The Kier molecular flexibility index (Phi) is 8.54. The summed E-state index contributed by atoms with van der Waals surface area (Å²) >= 11 is 0. The van der Waals surface area contributed by atoms with E-state index < -0.39 is 0 Å². The fraction of sp³-hybridized carbons (Fsp3) is 0.158. The SMILES string of the molecule is Cc1cc(-c2ccc(C(C)(C)C)cc2)cc(C)c1N(c1ccc2c(c1)C(C)(C)c1ccccc1-2)c1ccc(-n2c3ccccc3c3ccccc32)cc1-c1ccccc1. The van der Waals surface area contributed by atoms with Gasteiger partial charge in [-0.05, 0) is 129 Å². The summed E-state index contributed by atoms with van der Waals surface area (Å²) in [6, 6.07) is 65.5. The molecule has 1 aromatic heterocycles. The maximum absolute atomic E-state index is 2.54. The molecule has 8 aromatic carbocycles. The van der Waals surface area contributed by atoms with Crippen molar-refractivity contribution in [1.82, 2.24) is 4.57 Å². The summed E-state index contributed by atoms with van der Waals surface area (Å²) < 4.78 is 2.43. The molecule has 0 atom stereocenters. The van der Waals surface area contributed by atoms with Gasteiger partial charge in [-0.25, -0.2) is 0 Å². The lowest BCUT2D eigenvalue weighted by Crippen LogP contribution is -2.18. The Balaban J connectivity index is 1.22. The van der Waals surface area contributed by atoms with Crippen LogP contribution < -0.4 is 4.90 Å². The molecule has 288 valence electrons. The van der Waals surface area contributed by atoms with E-state index in [1.165, 1.54) is 88.7 Å². The standard InChI is InChI=1S/C57H50N2/c1-37-33-41(39-25-27-42(28-26-39)56(3,4)5)34-38(2)55(37)59(44-29-31-46-45-19-11-14-22-50(45)57(6,7)51(46)36-44)54-32-30-43(35-49(54)40-17-9-8-10-18-40)58-52-23-15-12-20-47(52)48-21-13-16-24-53(48)58/h8-36H,1-7H3. The molecule has 0 bridgehead atoms. The second kappa shape index (κ2) is 13.7. The van der Waals surface area contributed by atoms with Crippen LogP contribution in [0.4, 0.5) is 17.1 Å². The maximum Gasteiger partial charge on any atom is 0.0541 e. The zero-order chi connectivity index (χ0) is 40.6. The predicted octanol–water partition coefficient (Wildman–Crippen LogP) is 15.8. The molecule has 2 heteroatoms. The Morgan fingerprint density at radius 3 is 1.73 bits per heavy atom. The third kappa shape index (κ3) is 6.00. The molecule has 0 saturated carbocycles. The Morgan fingerprint density at radius 2 is 1.07 bits per heavy atom. The van der Waals surface area contributed by atoms with E-state index in [0.29, 0.717) is 0 Å². The number of aromatic nitrogens is 1. The number of anilines is 3. The van der Waals surface area contributed by atoms with E-state index in [9.17, 15) is 0 Å². The Labute approximate surface area is 349 Å². The quantitative estimate of drug-likeness (QED) is 0.164. The highest BCUT2D eigenvalue weighted by atomic mass is 15.2. The molecule has 0 unspecified atom stereocenters. The molecule has 0 radical (unpaired) electrons. The first-order chi connectivity index (χ1) is 28.5. The average molecular weight is 763 g/mol. The lowest BCUT2D eigenvalue weighted by Gasteiger charge is -2.32. The van der Waals surface area contributed by atoms with Crippen LogP contribution in [-0.4, -0.2) is 4.57 Å². The number of hydrogen-bond donors (Lipinski definition) is 0. The fourth-order valence-corrected chi connectivity index (χ4v) is 9.77. The molecule has 9 aromatic rings. The molecule has 1 heterocycles. The first kappa shape index (κ1) is 36.7. The second-order valence-corrected chi connectivity index (χ2v) is 18.0. The topological polar surface area (TPSA) is 8.17 Å². The highest BCUT2D eigenvalue weighted by Crippen LogP contribution is 2.52. The number of para-hydroxylation sites is 2. The summed E-state index contributed by atoms with van der Waals surface area (Å²) in [5.41, 5.74) is 21.0. The summed E-state index contributed by atoms with van der Waals surface area (Å²) in [5.74, 6) is 0. The van der Waals surface area contributed by atoms with Crippen LogP contribution in [0.3, 0.4) is 0 Å². The first-order valence-corrected chi connectivity index (χ1v) is 20.9. The number of nitrogens with zero attached hydrogens (tertiary/aromatic N) is 2. The van der Waals surface area contributed by atoms with Crippen molar-refractivity contribution in [2.75, 3.05) is 4.90 Å². The van der Waals surface area contributed by atoms with Crippen molar-refractivity contribution in [3.05, 3.63) is 204 Å². The molecular weight excluding hydrogens is 713 g/mol. The molecule has 2 nitrogen and oxygen atoms in total. The van der Waals surface area contributed by atoms with Crippen molar-refractivity contribution in [1.29, 1.82) is 0 Å². The van der Waals surface area contributed by atoms with Crippen LogP contribution in [0.5, 0.6) is 0 Å². The van der Waals surface area contributed by atoms with E-state index >= 15 is 0 Å². The largest absolute Gasteiger partial charge is 0.309 e. The van der Waals surface area contributed by atoms with Gasteiger partial charge in [0.25, 0.3) is 0 Å². The van der Waals surface area contributed by atoms with Gasteiger partial charge in [-0.15, -0.1) is 0 Å². The number of hydrogen-bond acceptors (Lipinski definition) is 1. The van der Waals surface area contributed by atoms with Gasteiger partial charge < -0.3 is 9.47 Å². The van der Waals surface area contributed by atoms with Crippen molar-refractivity contribution in [2.24, 2.45) is 0 Å². The minimum atomic E-state index is -0.135. The monoisotopic (exact) mass is 762 g/mol. The molecule has 0 N–H and O–H groups in total. The van der Waals surface area contributed by atoms with E-state index in [2.05, 4.69) is 234 Å².